The molecule has 0 bridgehead atoms. The van der Waals surface area contributed by atoms with Crippen molar-refractivity contribution < 1.29 is 22.7 Å². The van der Waals surface area contributed by atoms with Crippen LogP contribution >= 0.6 is 11.6 Å². The first-order valence-corrected chi connectivity index (χ1v) is 14.3. The van der Waals surface area contributed by atoms with Gasteiger partial charge in [0, 0.05) is 17.6 Å². The molecular formula is C26H34ClN3O5S. The fourth-order valence-electron chi connectivity index (χ4n) is 4.46. The Kier molecular flexibility index (Phi) is 9.62. The topological polar surface area (TPSA) is 96.0 Å². The molecule has 196 valence electrons. The third-order valence-corrected chi connectivity index (χ3v) is 7.75. The minimum atomic E-state index is -3.81. The van der Waals surface area contributed by atoms with Crippen molar-refractivity contribution in [3.05, 3.63) is 59.1 Å². The van der Waals surface area contributed by atoms with E-state index in [9.17, 15) is 18.0 Å². The predicted octanol–water partition coefficient (Wildman–Crippen LogP) is 3.98. The average Bonchev–Trinajstić information content (AvgIpc) is 3.35. The quantitative estimate of drug-likeness (QED) is 0.469. The molecule has 0 aliphatic heterocycles. The molecule has 0 saturated heterocycles. The number of anilines is 1. The number of carbonyl (C=O) groups excluding carboxylic acids is 2. The summed E-state index contributed by atoms with van der Waals surface area (Å²) < 4.78 is 31.5. The minimum Gasteiger partial charge on any atom is -0.497 e. The number of hydrogen-bond acceptors (Lipinski definition) is 5. The van der Waals surface area contributed by atoms with Crippen LogP contribution in [-0.4, -0.2) is 57.1 Å². The van der Waals surface area contributed by atoms with E-state index in [4.69, 9.17) is 16.3 Å². The molecule has 3 rings (SSSR count). The van der Waals surface area contributed by atoms with Gasteiger partial charge in [-0.15, -0.1) is 0 Å². The summed E-state index contributed by atoms with van der Waals surface area (Å²) in [5, 5.41) is 3.44. The zero-order valence-electron chi connectivity index (χ0n) is 20.9. The summed E-state index contributed by atoms with van der Waals surface area (Å²) >= 11 is 6.09. The van der Waals surface area contributed by atoms with Crippen LogP contribution in [-0.2, 0) is 26.2 Å². The lowest BCUT2D eigenvalue weighted by Gasteiger charge is -2.33. The molecule has 2 amide bonds. The van der Waals surface area contributed by atoms with Crippen LogP contribution in [0.3, 0.4) is 0 Å². The van der Waals surface area contributed by atoms with Crippen LogP contribution in [0.2, 0.25) is 5.02 Å². The van der Waals surface area contributed by atoms with Crippen LogP contribution in [0.5, 0.6) is 5.75 Å². The average molecular weight is 536 g/mol. The van der Waals surface area contributed by atoms with E-state index in [0.29, 0.717) is 17.2 Å². The molecule has 10 heteroatoms. The van der Waals surface area contributed by atoms with Crippen LogP contribution in [0.1, 0.15) is 44.6 Å². The third kappa shape index (κ3) is 7.36. The molecule has 2 aromatic rings. The Hall–Kier alpha value is -2.78. The number of sulfonamides is 1. The van der Waals surface area contributed by atoms with Gasteiger partial charge in [-0.2, -0.15) is 0 Å². The second-order valence-electron chi connectivity index (χ2n) is 9.03. The van der Waals surface area contributed by atoms with E-state index < -0.39 is 28.5 Å². The fourth-order valence-corrected chi connectivity index (χ4v) is 5.49. The van der Waals surface area contributed by atoms with Gasteiger partial charge < -0.3 is 15.0 Å². The first-order valence-electron chi connectivity index (χ1n) is 12.1. The number of ether oxygens (including phenoxy) is 1. The highest BCUT2D eigenvalue weighted by Crippen LogP contribution is 2.24. The summed E-state index contributed by atoms with van der Waals surface area (Å²) in [6.45, 7) is 1.54. The van der Waals surface area contributed by atoms with E-state index in [2.05, 4.69) is 5.32 Å². The Labute approximate surface area is 218 Å². The molecule has 1 N–H and O–H groups in total. The van der Waals surface area contributed by atoms with E-state index >= 15 is 0 Å². The van der Waals surface area contributed by atoms with Crippen molar-refractivity contribution >= 4 is 39.1 Å². The maximum absolute atomic E-state index is 13.7. The molecule has 1 atom stereocenters. The standard InChI is InChI=1S/C26H34ClN3O5S/c1-4-24(26(32)28-21-9-5-6-10-21)29(17-19-12-14-23(35-2)15-13-19)25(31)18-30(36(3,33)34)22-11-7-8-20(27)16-22/h7-8,11-16,21,24H,4-6,9-10,17-18H2,1-3H3,(H,28,32)/t24-/m0/s1. The Morgan fingerprint density at radius 3 is 2.36 bits per heavy atom. The zero-order valence-corrected chi connectivity index (χ0v) is 22.5. The molecule has 0 aromatic heterocycles. The van der Waals surface area contributed by atoms with Gasteiger partial charge in [-0.1, -0.05) is 49.6 Å². The molecule has 0 spiro atoms. The highest BCUT2D eigenvalue weighted by atomic mass is 35.5. The number of hydrogen-bond donors (Lipinski definition) is 1. The number of carbonyl (C=O) groups is 2. The van der Waals surface area contributed by atoms with Crippen molar-refractivity contribution in [2.75, 3.05) is 24.2 Å². The van der Waals surface area contributed by atoms with Crippen LogP contribution in [0.15, 0.2) is 48.5 Å². The summed E-state index contributed by atoms with van der Waals surface area (Å²) in [6, 6.07) is 12.9. The lowest BCUT2D eigenvalue weighted by molar-refractivity contribution is -0.140. The zero-order chi connectivity index (χ0) is 26.3. The first-order chi connectivity index (χ1) is 17.1. The Balaban J connectivity index is 1.91. The number of rotatable bonds is 11. The van der Waals surface area contributed by atoms with Gasteiger partial charge in [-0.3, -0.25) is 13.9 Å². The molecule has 2 aromatic carbocycles. The van der Waals surface area contributed by atoms with Gasteiger partial charge in [0.25, 0.3) is 0 Å². The van der Waals surface area contributed by atoms with Gasteiger partial charge in [0.2, 0.25) is 21.8 Å². The summed E-state index contributed by atoms with van der Waals surface area (Å²) in [6.07, 6.45) is 5.41. The molecule has 1 fully saturated rings. The van der Waals surface area contributed by atoms with Crippen LogP contribution in [0.4, 0.5) is 5.69 Å². The first kappa shape index (κ1) is 27.8. The Morgan fingerprint density at radius 2 is 1.81 bits per heavy atom. The summed E-state index contributed by atoms with van der Waals surface area (Å²) in [5.74, 6) is -0.0311. The number of methoxy groups -OCH3 is 1. The van der Waals surface area contributed by atoms with E-state index in [1.807, 2.05) is 19.1 Å². The van der Waals surface area contributed by atoms with Crippen molar-refractivity contribution in [3.63, 3.8) is 0 Å². The largest absolute Gasteiger partial charge is 0.497 e. The van der Waals surface area contributed by atoms with Gasteiger partial charge in [0.05, 0.1) is 19.1 Å². The normalized spacial score (nSPS) is 14.8. The molecule has 1 saturated carbocycles. The van der Waals surface area contributed by atoms with Gasteiger partial charge in [0.15, 0.2) is 0 Å². The molecule has 8 nitrogen and oxygen atoms in total. The molecular weight excluding hydrogens is 502 g/mol. The summed E-state index contributed by atoms with van der Waals surface area (Å²) in [5.41, 5.74) is 1.08. The fraction of sp³-hybridized carbons (Fsp3) is 0.462. The van der Waals surface area contributed by atoms with Crippen LogP contribution in [0, 0.1) is 0 Å². The second kappa shape index (κ2) is 12.5. The van der Waals surface area contributed by atoms with Crippen molar-refractivity contribution in [1.82, 2.24) is 10.2 Å². The third-order valence-electron chi connectivity index (χ3n) is 6.37. The van der Waals surface area contributed by atoms with Crippen molar-refractivity contribution in [2.24, 2.45) is 0 Å². The van der Waals surface area contributed by atoms with Crippen LogP contribution < -0.4 is 14.4 Å². The lowest BCUT2D eigenvalue weighted by atomic mass is 10.1. The Bertz CT molecular complexity index is 1150. The van der Waals surface area contributed by atoms with Crippen molar-refractivity contribution in [3.8, 4) is 5.75 Å². The maximum Gasteiger partial charge on any atom is 0.244 e. The molecule has 1 aliphatic rings. The van der Waals surface area contributed by atoms with E-state index in [1.54, 1.807) is 37.4 Å². The van der Waals surface area contributed by atoms with E-state index in [-0.39, 0.29) is 24.2 Å². The van der Waals surface area contributed by atoms with Gasteiger partial charge in [-0.05, 0) is 55.2 Å². The van der Waals surface area contributed by atoms with Gasteiger partial charge in [-0.25, -0.2) is 8.42 Å². The number of nitrogens with zero attached hydrogens (tertiary/aromatic N) is 2. The van der Waals surface area contributed by atoms with Crippen molar-refractivity contribution in [1.29, 1.82) is 0 Å². The summed E-state index contributed by atoms with van der Waals surface area (Å²) in [7, 11) is -2.24. The summed E-state index contributed by atoms with van der Waals surface area (Å²) in [4.78, 5) is 28.5. The predicted molar refractivity (Wildman–Crippen MR) is 142 cm³/mol. The van der Waals surface area contributed by atoms with Gasteiger partial charge >= 0.3 is 0 Å². The van der Waals surface area contributed by atoms with E-state index in [0.717, 1.165) is 41.8 Å². The number of amides is 2. The lowest BCUT2D eigenvalue weighted by Crippen LogP contribution is -2.53. The molecule has 0 unspecified atom stereocenters. The molecule has 0 radical (unpaired) electrons. The second-order valence-corrected chi connectivity index (χ2v) is 11.4. The highest BCUT2D eigenvalue weighted by molar-refractivity contribution is 7.92. The number of nitrogens with one attached hydrogen (secondary N) is 1. The minimum absolute atomic E-state index is 0.100. The smallest absolute Gasteiger partial charge is 0.244 e. The highest BCUT2D eigenvalue weighted by Gasteiger charge is 2.33. The van der Waals surface area contributed by atoms with Crippen LogP contribution in [0.25, 0.3) is 0 Å². The molecule has 1 aliphatic carbocycles. The van der Waals surface area contributed by atoms with Gasteiger partial charge in [0.1, 0.15) is 18.3 Å². The Morgan fingerprint density at radius 1 is 1.14 bits per heavy atom. The SMILES string of the molecule is CC[C@@H](C(=O)NC1CCCC1)N(Cc1ccc(OC)cc1)C(=O)CN(c1cccc(Cl)c1)S(C)(=O)=O. The monoisotopic (exact) mass is 535 g/mol. The number of halogens is 1. The maximum atomic E-state index is 13.7. The van der Waals surface area contributed by atoms with E-state index in [1.165, 1.54) is 11.0 Å². The number of benzene rings is 2. The molecule has 0 heterocycles. The van der Waals surface area contributed by atoms with Crippen molar-refractivity contribution in [2.45, 2.75) is 57.7 Å². The molecule has 36 heavy (non-hydrogen) atoms.